The van der Waals surface area contributed by atoms with E-state index in [4.69, 9.17) is 5.11 Å². The molecular weight excluding hydrogens is 276 g/mol. The maximum absolute atomic E-state index is 11.7. The first kappa shape index (κ1) is 19.2. The molecule has 0 aromatic heterocycles. The summed E-state index contributed by atoms with van der Waals surface area (Å²) in [6.07, 6.45) is 2.36. The molecule has 0 rings (SSSR count). The van der Waals surface area contributed by atoms with Gasteiger partial charge in [-0.05, 0) is 25.2 Å². The van der Waals surface area contributed by atoms with Gasteiger partial charge in [0.1, 0.15) is 0 Å². The van der Waals surface area contributed by atoms with Crippen molar-refractivity contribution in [2.24, 2.45) is 5.92 Å². The minimum Gasteiger partial charge on any atom is -0.481 e. The lowest BCUT2D eigenvalue weighted by Crippen LogP contribution is -2.38. The van der Waals surface area contributed by atoms with Crippen molar-refractivity contribution in [1.82, 2.24) is 10.2 Å². The Hall–Kier alpha value is -1.79. The Balaban J connectivity index is 3.72. The Morgan fingerprint density at radius 1 is 1.24 bits per heavy atom. The summed E-state index contributed by atoms with van der Waals surface area (Å²) in [5.41, 5.74) is 0. The van der Waals surface area contributed by atoms with Gasteiger partial charge in [-0.25, -0.2) is 4.79 Å². The third-order valence-corrected chi connectivity index (χ3v) is 3.21. The zero-order valence-corrected chi connectivity index (χ0v) is 13.1. The van der Waals surface area contributed by atoms with E-state index in [1.54, 1.807) is 7.05 Å². The number of carboxylic acid groups (broad SMARTS) is 1. The first-order valence-electron chi connectivity index (χ1n) is 7.14. The van der Waals surface area contributed by atoms with Gasteiger partial charge in [-0.15, -0.1) is 0 Å². The number of nitrogens with one attached hydrogen (secondary N) is 1. The van der Waals surface area contributed by atoms with Gasteiger partial charge in [0, 0.05) is 33.0 Å². The van der Waals surface area contributed by atoms with Crippen molar-refractivity contribution in [2.75, 3.05) is 27.2 Å². The molecule has 0 saturated carbocycles. The van der Waals surface area contributed by atoms with E-state index in [-0.39, 0.29) is 24.3 Å². The summed E-state index contributed by atoms with van der Waals surface area (Å²) in [5, 5.41) is 11.4. The number of carbonyl (C=O) groups is 3. The van der Waals surface area contributed by atoms with E-state index >= 15 is 0 Å². The Bertz CT molecular complexity index is 346. The van der Waals surface area contributed by atoms with Gasteiger partial charge in [-0.2, -0.15) is 0 Å². The molecule has 21 heavy (non-hydrogen) atoms. The fraction of sp³-hybridized carbons (Fsp3) is 0.786. The van der Waals surface area contributed by atoms with Crippen molar-refractivity contribution in [3.05, 3.63) is 0 Å². The number of amides is 2. The van der Waals surface area contributed by atoms with E-state index in [1.165, 1.54) is 12.0 Å². The van der Waals surface area contributed by atoms with E-state index in [0.717, 1.165) is 6.42 Å². The highest BCUT2D eigenvalue weighted by Gasteiger charge is 2.10. The lowest BCUT2D eigenvalue weighted by atomic mass is 10.0. The number of carbonyl (C=O) groups excluding carboxylic acids is 2. The highest BCUT2D eigenvalue weighted by Crippen LogP contribution is 2.09. The fourth-order valence-corrected chi connectivity index (χ4v) is 1.74. The predicted molar refractivity (Wildman–Crippen MR) is 77.9 cm³/mol. The van der Waals surface area contributed by atoms with Crippen LogP contribution in [0.4, 0.5) is 4.79 Å². The maximum Gasteiger partial charge on any atom is 0.317 e. The predicted octanol–water partition coefficient (Wildman–Crippen LogP) is 1.47. The third-order valence-electron chi connectivity index (χ3n) is 3.21. The van der Waals surface area contributed by atoms with Crippen molar-refractivity contribution in [1.29, 1.82) is 0 Å². The molecule has 7 nitrogen and oxygen atoms in total. The number of carboxylic acids is 1. The molecule has 0 radical (unpaired) electrons. The summed E-state index contributed by atoms with van der Waals surface area (Å²) in [6.45, 7) is 2.96. The van der Waals surface area contributed by atoms with Crippen LogP contribution in [0.25, 0.3) is 0 Å². The van der Waals surface area contributed by atoms with Gasteiger partial charge in [-0.1, -0.05) is 6.92 Å². The molecule has 0 fully saturated rings. The number of ether oxygens (including phenoxy) is 1. The first-order chi connectivity index (χ1) is 9.86. The molecule has 0 spiro atoms. The molecule has 0 saturated heterocycles. The second kappa shape index (κ2) is 10.9. The molecule has 0 aromatic carbocycles. The van der Waals surface area contributed by atoms with Crippen molar-refractivity contribution in [3.8, 4) is 0 Å². The lowest BCUT2D eigenvalue weighted by molar-refractivity contribution is -0.141. The summed E-state index contributed by atoms with van der Waals surface area (Å²) in [7, 11) is 3.00. The van der Waals surface area contributed by atoms with Crippen LogP contribution in [0.5, 0.6) is 0 Å². The molecule has 0 aromatic rings. The molecule has 0 aliphatic rings. The van der Waals surface area contributed by atoms with Crippen molar-refractivity contribution >= 4 is 18.0 Å². The Kier molecular flexibility index (Phi) is 10.0. The highest BCUT2D eigenvalue weighted by molar-refractivity contribution is 5.74. The quantitative estimate of drug-likeness (QED) is 0.596. The monoisotopic (exact) mass is 302 g/mol. The van der Waals surface area contributed by atoms with E-state index in [1.807, 2.05) is 6.92 Å². The van der Waals surface area contributed by atoms with Crippen molar-refractivity contribution < 1.29 is 24.2 Å². The van der Waals surface area contributed by atoms with E-state index in [2.05, 4.69) is 10.1 Å². The average molecular weight is 302 g/mol. The van der Waals surface area contributed by atoms with Crippen LogP contribution in [0, 0.1) is 5.92 Å². The van der Waals surface area contributed by atoms with Gasteiger partial charge in [0.25, 0.3) is 0 Å². The summed E-state index contributed by atoms with van der Waals surface area (Å²) in [6, 6.07) is -0.190. The number of methoxy groups -OCH3 is 1. The lowest BCUT2D eigenvalue weighted by Gasteiger charge is -2.18. The standard InChI is InChI=1S/C14H26N2O5/c1-11(6-7-12(17)18)8-9-15-14(20)16(2)10-4-5-13(19)21-3/h11H,4-10H2,1-3H3,(H,15,20)(H,17,18). The number of rotatable bonds is 10. The number of aliphatic carboxylic acids is 1. The number of esters is 1. The molecule has 1 atom stereocenters. The second-order valence-corrected chi connectivity index (χ2v) is 5.16. The Morgan fingerprint density at radius 3 is 2.48 bits per heavy atom. The largest absolute Gasteiger partial charge is 0.481 e. The highest BCUT2D eigenvalue weighted by atomic mass is 16.5. The van der Waals surface area contributed by atoms with Crippen LogP contribution in [0.3, 0.4) is 0 Å². The molecule has 0 bridgehead atoms. The first-order valence-corrected chi connectivity index (χ1v) is 7.14. The van der Waals surface area contributed by atoms with Gasteiger partial charge in [-0.3, -0.25) is 9.59 Å². The van der Waals surface area contributed by atoms with Gasteiger partial charge < -0.3 is 20.1 Å². The topological polar surface area (TPSA) is 95.9 Å². The third kappa shape index (κ3) is 10.6. The van der Waals surface area contributed by atoms with Gasteiger partial charge in [0.05, 0.1) is 7.11 Å². The molecule has 1 unspecified atom stereocenters. The molecule has 7 heteroatoms. The zero-order valence-electron chi connectivity index (χ0n) is 13.1. The number of nitrogens with zero attached hydrogens (tertiary/aromatic N) is 1. The minimum absolute atomic E-state index is 0.155. The molecule has 0 aliphatic heterocycles. The number of hydrogen-bond donors (Lipinski definition) is 2. The Labute approximate surface area is 125 Å². The number of urea groups is 1. The molecule has 122 valence electrons. The van der Waals surface area contributed by atoms with E-state index in [0.29, 0.717) is 32.4 Å². The van der Waals surface area contributed by atoms with E-state index < -0.39 is 5.97 Å². The molecule has 0 aliphatic carbocycles. The van der Waals surface area contributed by atoms with Gasteiger partial charge in [0.2, 0.25) is 0 Å². The summed E-state index contributed by atoms with van der Waals surface area (Å²) in [5.74, 6) is -0.821. The Morgan fingerprint density at radius 2 is 1.90 bits per heavy atom. The second-order valence-electron chi connectivity index (χ2n) is 5.16. The van der Waals surface area contributed by atoms with Crippen LogP contribution in [-0.2, 0) is 14.3 Å². The molecule has 2 N–H and O–H groups in total. The van der Waals surface area contributed by atoms with Crippen LogP contribution < -0.4 is 5.32 Å². The van der Waals surface area contributed by atoms with Crippen LogP contribution in [0.1, 0.15) is 39.0 Å². The smallest absolute Gasteiger partial charge is 0.317 e. The minimum atomic E-state index is -0.795. The van der Waals surface area contributed by atoms with Gasteiger partial charge >= 0.3 is 18.0 Å². The maximum atomic E-state index is 11.7. The fourth-order valence-electron chi connectivity index (χ4n) is 1.74. The molecular formula is C14H26N2O5. The normalized spacial score (nSPS) is 11.6. The van der Waals surface area contributed by atoms with Crippen molar-refractivity contribution in [2.45, 2.75) is 39.0 Å². The summed E-state index contributed by atoms with van der Waals surface area (Å²) >= 11 is 0. The summed E-state index contributed by atoms with van der Waals surface area (Å²) < 4.78 is 4.52. The van der Waals surface area contributed by atoms with Crippen LogP contribution in [-0.4, -0.2) is 55.2 Å². The SMILES string of the molecule is COC(=O)CCCN(C)C(=O)NCCC(C)CCC(=O)O. The van der Waals surface area contributed by atoms with E-state index in [9.17, 15) is 14.4 Å². The van der Waals surface area contributed by atoms with Gasteiger partial charge in [0.15, 0.2) is 0 Å². The average Bonchev–Trinajstić information content (AvgIpc) is 2.44. The zero-order chi connectivity index (χ0) is 16.3. The van der Waals surface area contributed by atoms with Crippen LogP contribution in [0.15, 0.2) is 0 Å². The summed E-state index contributed by atoms with van der Waals surface area (Å²) in [4.78, 5) is 34.6. The molecule has 2 amide bonds. The van der Waals surface area contributed by atoms with Crippen LogP contribution >= 0.6 is 0 Å². The number of hydrogen-bond acceptors (Lipinski definition) is 4. The van der Waals surface area contributed by atoms with Crippen molar-refractivity contribution in [3.63, 3.8) is 0 Å². The molecule has 0 heterocycles. The van der Waals surface area contributed by atoms with Crippen LogP contribution in [0.2, 0.25) is 0 Å².